The molecule has 1 aromatic rings. The summed E-state index contributed by atoms with van der Waals surface area (Å²) in [5.74, 6) is 0.239. The fourth-order valence-electron chi connectivity index (χ4n) is 2.83. The van der Waals surface area contributed by atoms with Crippen LogP contribution in [0.3, 0.4) is 0 Å². The Morgan fingerprint density at radius 3 is 3.09 bits per heavy atom. The summed E-state index contributed by atoms with van der Waals surface area (Å²) in [5, 5.41) is 3.71. The molecule has 9 heteroatoms. The number of ether oxygens (including phenoxy) is 2. The number of aromatic nitrogens is 1. The monoisotopic (exact) mass is 340 g/mol. The summed E-state index contributed by atoms with van der Waals surface area (Å²) in [4.78, 5) is 28.9. The number of carbonyl (C=O) groups excluding carboxylic acids is 2. The number of hydrogen-bond acceptors (Lipinski definition) is 6. The number of morpholine rings is 1. The summed E-state index contributed by atoms with van der Waals surface area (Å²) in [6.45, 7) is 2.10. The average Bonchev–Trinajstić information content (AvgIpc) is 2.87. The molecule has 0 aromatic carbocycles. The molecule has 8 nitrogen and oxygen atoms in total. The minimum absolute atomic E-state index is 0.0698. The van der Waals surface area contributed by atoms with Crippen molar-refractivity contribution in [1.29, 1.82) is 0 Å². The molecule has 2 aliphatic rings. The Kier molecular flexibility index (Phi) is 4.65. The van der Waals surface area contributed by atoms with Gasteiger partial charge in [-0.25, -0.2) is 9.78 Å². The minimum atomic E-state index is -0.899. The standard InChI is InChI=1S/C14H17ClN4O4/c15-9-1-2-18-13(12(9)10-6-17-3-4-22-10)19-7-8(5-11(19)20)23-14(16)21/h1-2,8,10,17H,3-7H2,(H2,16,21). The van der Waals surface area contributed by atoms with Crippen molar-refractivity contribution in [3.8, 4) is 0 Å². The molecule has 23 heavy (non-hydrogen) atoms. The van der Waals surface area contributed by atoms with Gasteiger partial charge in [-0.05, 0) is 6.07 Å². The highest BCUT2D eigenvalue weighted by Gasteiger charge is 2.36. The number of nitrogens with two attached hydrogens (primary N) is 1. The summed E-state index contributed by atoms with van der Waals surface area (Å²) in [7, 11) is 0. The van der Waals surface area contributed by atoms with Crippen LogP contribution in [-0.4, -0.2) is 49.3 Å². The van der Waals surface area contributed by atoms with Crippen molar-refractivity contribution >= 4 is 29.4 Å². The molecule has 2 atom stereocenters. The van der Waals surface area contributed by atoms with Crippen LogP contribution in [0.5, 0.6) is 0 Å². The quantitative estimate of drug-likeness (QED) is 0.834. The van der Waals surface area contributed by atoms with Gasteiger partial charge in [0.2, 0.25) is 5.91 Å². The number of nitrogens with zero attached hydrogens (tertiary/aromatic N) is 2. The number of amides is 2. The van der Waals surface area contributed by atoms with E-state index >= 15 is 0 Å². The van der Waals surface area contributed by atoms with E-state index in [1.54, 1.807) is 6.07 Å². The van der Waals surface area contributed by atoms with E-state index in [-0.39, 0.29) is 25.0 Å². The van der Waals surface area contributed by atoms with Gasteiger partial charge < -0.3 is 20.5 Å². The molecule has 0 spiro atoms. The Labute approximate surface area is 137 Å². The highest BCUT2D eigenvalue weighted by molar-refractivity contribution is 6.31. The van der Waals surface area contributed by atoms with Crippen LogP contribution in [-0.2, 0) is 14.3 Å². The summed E-state index contributed by atoms with van der Waals surface area (Å²) < 4.78 is 10.7. The zero-order valence-corrected chi connectivity index (χ0v) is 13.1. The van der Waals surface area contributed by atoms with Crippen molar-refractivity contribution in [2.75, 3.05) is 31.1 Å². The topological polar surface area (TPSA) is 107 Å². The molecule has 0 saturated carbocycles. The zero-order valence-electron chi connectivity index (χ0n) is 12.3. The SMILES string of the molecule is NC(=O)OC1CC(=O)N(c2nccc(Cl)c2C2CNCCO2)C1. The van der Waals surface area contributed by atoms with E-state index < -0.39 is 12.2 Å². The van der Waals surface area contributed by atoms with Gasteiger partial charge in [-0.1, -0.05) is 11.6 Å². The summed E-state index contributed by atoms with van der Waals surface area (Å²) in [6, 6.07) is 1.66. The third-order valence-corrected chi connectivity index (χ3v) is 4.12. The van der Waals surface area contributed by atoms with Crippen molar-refractivity contribution in [1.82, 2.24) is 10.3 Å². The molecular weight excluding hydrogens is 324 g/mol. The smallest absolute Gasteiger partial charge is 0.404 e. The van der Waals surface area contributed by atoms with E-state index in [9.17, 15) is 9.59 Å². The second-order valence-corrected chi connectivity index (χ2v) is 5.77. The maximum atomic E-state index is 12.3. The second-order valence-electron chi connectivity index (χ2n) is 5.36. The Morgan fingerprint density at radius 2 is 2.39 bits per heavy atom. The Bertz CT molecular complexity index is 621. The maximum Gasteiger partial charge on any atom is 0.404 e. The summed E-state index contributed by atoms with van der Waals surface area (Å²) in [6.07, 6.45) is -0.167. The van der Waals surface area contributed by atoms with Gasteiger partial charge in [-0.2, -0.15) is 0 Å². The Morgan fingerprint density at radius 1 is 1.57 bits per heavy atom. The van der Waals surface area contributed by atoms with Crippen molar-refractivity contribution in [3.63, 3.8) is 0 Å². The van der Waals surface area contributed by atoms with Gasteiger partial charge in [0, 0.05) is 24.8 Å². The van der Waals surface area contributed by atoms with Gasteiger partial charge in [0.15, 0.2) is 0 Å². The number of nitrogens with one attached hydrogen (secondary N) is 1. The van der Waals surface area contributed by atoms with Crippen LogP contribution >= 0.6 is 11.6 Å². The molecule has 2 unspecified atom stereocenters. The fourth-order valence-corrected chi connectivity index (χ4v) is 3.09. The molecule has 0 radical (unpaired) electrons. The number of hydrogen-bond donors (Lipinski definition) is 2. The lowest BCUT2D eigenvalue weighted by Crippen LogP contribution is -2.35. The minimum Gasteiger partial charge on any atom is -0.444 e. The van der Waals surface area contributed by atoms with E-state index in [1.165, 1.54) is 11.1 Å². The van der Waals surface area contributed by atoms with Crippen LogP contribution in [0.25, 0.3) is 0 Å². The zero-order chi connectivity index (χ0) is 16.4. The number of halogens is 1. The van der Waals surface area contributed by atoms with Crippen molar-refractivity contribution in [2.24, 2.45) is 5.73 Å². The van der Waals surface area contributed by atoms with Crippen LogP contribution in [0.1, 0.15) is 18.1 Å². The van der Waals surface area contributed by atoms with Crippen LogP contribution in [0.2, 0.25) is 5.02 Å². The molecule has 2 saturated heterocycles. The number of primary amides is 1. The molecule has 2 amide bonds. The fraction of sp³-hybridized carbons (Fsp3) is 0.500. The van der Waals surface area contributed by atoms with E-state index in [0.717, 1.165) is 6.54 Å². The highest BCUT2D eigenvalue weighted by Crippen LogP contribution is 2.35. The predicted octanol–water partition coefficient (Wildman–Crippen LogP) is 0.596. The normalized spacial score (nSPS) is 24.7. The highest BCUT2D eigenvalue weighted by atomic mass is 35.5. The lowest BCUT2D eigenvalue weighted by atomic mass is 10.1. The van der Waals surface area contributed by atoms with Gasteiger partial charge in [-0.15, -0.1) is 0 Å². The first-order chi connectivity index (χ1) is 11.1. The molecule has 124 valence electrons. The van der Waals surface area contributed by atoms with Crippen LogP contribution in [0.15, 0.2) is 12.3 Å². The van der Waals surface area contributed by atoms with Crippen molar-refractivity contribution in [3.05, 3.63) is 22.8 Å². The van der Waals surface area contributed by atoms with E-state index in [2.05, 4.69) is 10.3 Å². The number of pyridine rings is 1. The van der Waals surface area contributed by atoms with Crippen LogP contribution in [0, 0.1) is 0 Å². The summed E-state index contributed by atoms with van der Waals surface area (Å²) >= 11 is 6.32. The maximum absolute atomic E-state index is 12.3. The first kappa shape index (κ1) is 16.0. The first-order valence-electron chi connectivity index (χ1n) is 7.29. The average molecular weight is 341 g/mol. The lowest BCUT2D eigenvalue weighted by Gasteiger charge is -2.28. The lowest BCUT2D eigenvalue weighted by molar-refractivity contribution is -0.117. The molecule has 3 rings (SSSR count). The van der Waals surface area contributed by atoms with Gasteiger partial charge in [-0.3, -0.25) is 9.69 Å². The number of anilines is 1. The van der Waals surface area contributed by atoms with Crippen molar-refractivity contribution < 1.29 is 19.1 Å². The first-order valence-corrected chi connectivity index (χ1v) is 7.67. The number of rotatable bonds is 3. The Hall–Kier alpha value is -1.90. The van der Waals surface area contributed by atoms with Gasteiger partial charge in [0.1, 0.15) is 11.9 Å². The number of carbonyl (C=O) groups is 2. The molecule has 3 heterocycles. The van der Waals surface area contributed by atoms with Gasteiger partial charge in [0.25, 0.3) is 0 Å². The Balaban J connectivity index is 1.89. The molecule has 0 aliphatic carbocycles. The molecule has 0 bridgehead atoms. The van der Waals surface area contributed by atoms with Crippen LogP contribution < -0.4 is 16.0 Å². The molecule has 1 aromatic heterocycles. The molecular formula is C14H17ClN4O4. The third kappa shape index (κ3) is 3.39. The van der Waals surface area contributed by atoms with Gasteiger partial charge >= 0.3 is 6.09 Å². The summed E-state index contributed by atoms with van der Waals surface area (Å²) in [5.41, 5.74) is 5.68. The predicted molar refractivity (Wildman–Crippen MR) is 82.2 cm³/mol. The van der Waals surface area contributed by atoms with E-state index in [4.69, 9.17) is 26.8 Å². The van der Waals surface area contributed by atoms with Crippen molar-refractivity contribution in [2.45, 2.75) is 18.6 Å². The van der Waals surface area contributed by atoms with E-state index in [1.807, 2.05) is 0 Å². The molecule has 2 fully saturated rings. The third-order valence-electron chi connectivity index (χ3n) is 3.79. The molecule has 2 aliphatic heterocycles. The van der Waals surface area contributed by atoms with Gasteiger partial charge in [0.05, 0.1) is 30.7 Å². The van der Waals surface area contributed by atoms with Crippen LogP contribution in [0.4, 0.5) is 10.6 Å². The van der Waals surface area contributed by atoms with E-state index in [0.29, 0.717) is 29.6 Å². The largest absolute Gasteiger partial charge is 0.444 e. The molecule has 3 N–H and O–H groups in total. The second kappa shape index (κ2) is 6.69.